The quantitative estimate of drug-likeness (QED) is 0.866. The summed E-state index contributed by atoms with van der Waals surface area (Å²) in [5.74, 6) is 0.565. The van der Waals surface area contributed by atoms with Gasteiger partial charge in [-0.05, 0) is 37.1 Å². The van der Waals surface area contributed by atoms with Crippen LogP contribution in [-0.4, -0.2) is 33.7 Å². The highest BCUT2D eigenvalue weighted by Gasteiger charge is 2.30. The number of aryl methyl sites for hydroxylation is 1. The molecule has 1 aliphatic heterocycles. The first-order valence-corrected chi connectivity index (χ1v) is 7.58. The number of nitrogens with zero attached hydrogens (tertiary/aromatic N) is 4. The molecule has 23 heavy (non-hydrogen) atoms. The van der Waals surface area contributed by atoms with Gasteiger partial charge in [-0.2, -0.15) is 10.4 Å². The molecule has 0 saturated carbocycles. The lowest BCUT2D eigenvalue weighted by molar-refractivity contribution is -0.134. The van der Waals surface area contributed by atoms with E-state index in [-0.39, 0.29) is 18.6 Å². The van der Waals surface area contributed by atoms with E-state index in [9.17, 15) is 4.79 Å². The van der Waals surface area contributed by atoms with Gasteiger partial charge in [0.25, 0.3) is 5.91 Å². The Morgan fingerprint density at radius 1 is 1.43 bits per heavy atom. The van der Waals surface area contributed by atoms with Crippen LogP contribution in [0.2, 0.25) is 0 Å². The van der Waals surface area contributed by atoms with Crippen molar-refractivity contribution in [2.24, 2.45) is 7.05 Å². The molecule has 0 aliphatic carbocycles. The second-order valence-corrected chi connectivity index (χ2v) is 5.62. The van der Waals surface area contributed by atoms with E-state index in [1.165, 1.54) is 0 Å². The number of amides is 1. The normalized spacial score (nSPS) is 17.0. The summed E-state index contributed by atoms with van der Waals surface area (Å²) < 4.78 is 7.30. The summed E-state index contributed by atoms with van der Waals surface area (Å²) in [5, 5.41) is 13.0. The average molecular weight is 310 g/mol. The fourth-order valence-electron chi connectivity index (χ4n) is 2.88. The topological polar surface area (TPSA) is 71.2 Å². The number of carbonyl (C=O) groups excluding carboxylic acids is 1. The molecule has 1 saturated heterocycles. The first kappa shape index (κ1) is 15.1. The van der Waals surface area contributed by atoms with Crippen LogP contribution in [0.3, 0.4) is 0 Å². The predicted molar refractivity (Wildman–Crippen MR) is 83.5 cm³/mol. The lowest BCUT2D eigenvalue weighted by Gasteiger charge is -2.23. The van der Waals surface area contributed by atoms with Crippen LogP contribution in [0.4, 0.5) is 0 Å². The molecule has 2 aromatic rings. The van der Waals surface area contributed by atoms with Crippen molar-refractivity contribution in [1.29, 1.82) is 5.26 Å². The molecule has 1 atom stereocenters. The second kappa shape index (κ2) is 6.53. The molecule has 6 nitrogen and oxygen atoms in total. The summed E-state index contributed by atoms with van der Waals surface area (Å²) in [7, 11) is 1.87. The summed E-state index contributed by atoms with van der Waals surface area (Å²) in [6.07, 6.45) is 5.71. The number of nitriles is 1. The van der Waals surface area contributed by atoms with Crippen molar-refractivity contribution >= 4 is 5.91 Å². The molecule has 0 bridgehead atoms. The maximum Gasteiger partial charge on any atom is 0.261 e. The minimum absolute atomic E-state index is 0.00264. The Hall–Kier alpha value is -2.81. The molecule has 6 heteroatoms. The number of hydrogen-bond donors (Lipinski definition) is 0. The predicted octanol–water partition coefficient (Wildman–Crippen LogP) is 2.03. The first-order valence-electron chi connectivity index (χ1n) is 7.58. The summed E-state index contributed by atoms with van der Waals surface area (Å²) >= 11 is 0. The van der Waals surface area contributed by atoms with Gasteiger partial charge in [-0.3, -0.25) is 9.48 Å². The highest BCUT2D eigenvalue weighted by atomic mass is 16.5. The van der Waals surface area contributed by atoms with Gasteiger partial charge in [0.05, 0.1) is 23.9 Å². The molecule has 1 aromatic carbocycles. The van der Waals surface area contributed by atoms with Gasteiger partial charge < -0.3 is 9.64 Å². The van der Waals surface area contributed by atoms with Gasteiger partial charge in [0, 0.05) is 25.4 Å². The van der Waals surface area contributed by atoms with Gasteiger partial charge in [0.15, 0.2) is 6.61 Å². The lowest BCUT2D eigenvalue weighted by Crippen LogP contribution is -2.34. The number of rotatable bonds is 4. The molecule has 1 unspecified atom stereocenters. The Morgan fingerprint density at radius 3 is 2.87 bits per heavy atom. The van der Waals surface area contributed by atoms with Gasteiger partial charge in [-0.15, -0.1) is 0 Å². The van der Waals surface area contributed by atoms with Gasteiger partial charge >= 0.3 is 0 Å². The molecule has 1 aliphatic rings. The minimum atomic E-state index is -0.0271. The lowest BCUT2D eigenvalue weighted by atomic mass is 10.1. The maximum absolute atomic E-state index is 12.5. The standard InChI is InChI=1S/C17H18N4O2/c1-20-11-14(10-19-20)16-3-2-8-21(16)17(22)12-23-15-6-4-13(9-18)5-7-15/h4-7,10-11,16H,2-3,8,12H2,1H3. The molecule has 3 rings (SSSR count). The highest BCUT2D eigenvalue weighted by molar-refractivity contribution is 5.78. The second-order valence-electron chi connectivity index (χ2n) is 5.62. The van der Waals surface area contributed by atoms with E-state index in [0.717, 1.165) is 24.9 Å². The zero-order chi connectivity index (χ0) is 16.2. The highest BCUT2D eigenvalue weighted by Crippen LogP contribution is 2.31. The molecule has 0 spiro atoms. The Kier molecular flexibility index (Phi) is 4.29. The number of carbonyl (C=O) groups is 1. The molecule has 0 N–H and O–H groups in total. The van der Waals surface area contributed by atoms with Gasteiger partial charge in [-0.25, -0.2) is 0 Å². The number of likely N-dealkylation sites (tertiary alicyclic amines) is 1. The largest absolute Gasteiger partial charge is 0.484 e. The molecular formula is C17H18N4O2. The Bertz CT molecular complexity index is 730. The van der Waals surface area contributed by atoms with Crippen LogP contribution in [0.15, 0.2) is 36.7 Å². The molecule has 1 aromatic heterocycles. The van der Waals surface area contributed by atoms with E-state index in [4.69, 9.17) is 10.00 Å². The van der Waals surface area contributed by atoms with Crippen LogP contribution < -0.4 is 4.74 Å². The van der Waals surface area contributed by atoms with E-state index in [2.05, 4.69) is 11.2 Å². The van der Waals surface area contributed by atoms with E-state index in [1.807, 2.05) is 24.3 Å². The SMILES string of the molecule is Cn1cc(C2CCCN2C(=O)COc2ccc(C#N)cc2)cn1. The zero-order valence-corrected chi connectivity index (χ0v) is 13.0. The fourth-order valence-corrected chi connectivity index (χ4v) is 2.88. The van der Waals surface area contributed by atoms with Gasteiger partial charge in [0.2, 0.25) is 0 Å². The summed E-state index contributed by atoms with van der Waals surface area (Å²) in [6, 6.07) is 8.89. The van der Waals surface area contributed by atoms with Gasteiger partial charge in [0.1, 0.15) is 5.75 Å². The fraction of sp³-hybridized carbons (Fsp3) is 0.353. The van der Waals surface area contributed by atoms with Crippen molar-refractivity contribution in [3.63, 3.8) is 0 Å². The van der Waals surface area contributed by atoms with Crippen LogP contribution in [0, 0.1) is 11.3 Å². The van der Waals surface area contributed by atoms with Crippen LogP contribution in [0.5, 0.6) is 5.75 Å². The number of benzene rings is 1. The van der Waals surface area contributed by atoms with Crippen LogP contribution in [0.1, 0.15) is 30.0 Å². The molecule has 118 valence electrons. The summed E-state index contributed by atoms with van der Waals surface area (Å²) in [5.41, 5.74) is 1.64. The third kappa shape index (κ3) is 3.34. The van der Waals surface area contributed by atoms with Crippen LogP contribution in [0.25, 0.3) is 0 Å². The minimum Gasteiger partial charge on any atom is -0.484 e. The maximum atomic E-state index is 12.5. The Morgan fingerprint density at radius 2 is 2.22 bits per heavy atom. The van der Waals surface area contributed by atoms with Crippen LogP contribution >= 0.6 is 0 Å². The average Bonchev–Trinajstić information content (AvgIpc) is 3.21. The molecule has 2 heterocycles. The van der Waals surface area contributed by atoms with Crippen molar-refractivity contribution in [3.05, 3.63) is 47.8 Å². The number of ether oxygens (including phenoxy) is 1. The van der Waals surface area contributed by atoms with E-state index < -0.39 is 0 Å². The van der Waals surface area contributed by atoms with Gasteiger partial charge in [-0.1, -0.05) is 0 Å². The first-order chi connectivity index (χ1) is 11.2. The summed E-state index contributed by atoms with van der Waals surface area (Å²) in [6.45, 7) is 0.748. The summed E-state index contributed by atoms with van der Waals surface area (Å²) in [4.78, 5) is 14.3. The molecule has 1 fully saturated rings. The van der Waals surface area contributed by atoms with Crippen molar-refractivity contribution in [2.75, 3.05) is 13.2 Å². The van der Waals surface area contributed by atoms with E-state index in [1.54, 1.807) is 28.9 Å². The molecule has 0 radical (unpaired) electrons. The van der Waals surface area contributed by atoms with Crippen molar-refractivity contribution in [2.45, 2.75) is 18.9 Å². The smallest absolute Gasteiger partial charge is 0.261 e. The Balaban J connectivity index is 1.61. The molecule has 1 amide bonds. The van der Waals surface area contributed by atoms with Crippen molar-refractivity contribution < 1.29 is 9.53 Å². The zero-order valence-electron chi connectivity index (χ0n) is 13.0. The number of aromatic nitrogens is 2. The van der Waals surface area contributed by atoms with Crippen molar-refractivity contribution in [3.8, 4) is 11.8 Å². The van der Waals surface area contributed by atoms with Crippen LogP contribution in [-0.2, 0) is 11.8 Å². The molecular weight excluding hydrogens is 292 g/mol. The van der Waals surface area contributed by atoms with Crippen molar-refractivity contribution in [1.82, 2.24) is 14.7 Å². The monoisotopic (exact) mass is 310 g/mol. The van der Waals surface area contributed by atoms with E-state index in [0.29, 0.717) is 11.3 Å². The number of hydrogen-bond acceptors (Lipinski definition) is 4. The third-order valence-corrected chi connectivity index (χ3v) is 4.03. The third-order valence-electron chi connectivity index (χ3n) is 4.03. The Labute approximate surface area is 134 Å². The van der Waals surface area contributed by atoms with E-state index >= 15 is 0 Å².